The Morgan fingerprint density at radius 2 is 0.964 bits per heavy atom. The van der Waals surface area contributed by atoms with E-state index in [4.69, 9.17) is 4.42 Å². The predicted molar refractivity (Wildman–Crippen MR) is 231 cm³/mol. The highest BCUT2D eigenvalue weighted by Gasteiger charge is 2.23. The molecule has 0 bridgehead atoms. The molecule has 0 saturated carbocycles. The molecule has 11 aromatic rings. The summed E-state index contributed by atoms with van der Waals surface area (Å²) in [5.74, 6) is 0. The van der Waals surface area contributed by atoms with Crippen LogP contribution in [0.15, 0.2) is 211 Å². The number of hydrogen-bond donors (Lipinski definition) is 0. The SMILES string of the molecule is c1ccc(-c2cccc3c2oc2c(N(c4cccc(-c5cccc6c7ccccc7n(-c7ccccc7)c56)c4)c4cccc5ccccc45)cccc23)cc1. The largest absolute Gasteiger partial charge is 0.453 e. The van der Waals surface area contributed by atoms with Crippen molar-refractivity contribution in [3.05, 3.63) is 206 Å². The molecule has 55 heavy (non-hydrogen) atoms. The average molecular weight is 703 g/mol. The van der Waals surface area contributed by atoms with Crippen molar-refractivity contribution < 1.29 is 4.42 Å². The number of aromatic nitrogens is 1. The molecule has 0 fully saturated rings. The molecule has 2 heterocycles. The molecule has 0 unspecified atom stereocenters. The Bertz CT molecular complexity index is 3200. The summed E-state index contributed by atoms with van der Waals surface area (Å²) >= 11 is 0. The Labute approximate surface area is 318 Å². The van der Waals surface area contributed by atoms with Gasteiger partial charge >= 0.3 is 0 Å². The number of benzene rings is 9. The molecule has 0 N–H and O–H groups in total. The molecular formula is C52H34N2O. The van der Waals surface area contributed by atoms with Gasteiger partial charge in [0.1, 0.15) is 5.58 Å². The predicted octanol–water partition coefficient (Wildman–Crippen LogP) is 14.6. The number of furan rings is 1. The van der Waals surface area contributed by atoms with Crippen LogP contribution < -0.4 is 4.90 Å². The van der Waals surface area contributed by atoms with Gasteiger partial charge in [-0.2, -0.15) is 0 Å². The van der Waals surface area contributed by atoms with Gasteiger partial charge < -0.3 is 13.9 Å². The molecule has 11 rings (SSSR count). The van der Waals surface area contributed by atoms with Crippen LogP contribution in [-0.4, -0.2) is 4.57 Å². The number of anilines is 3. The molecular weight excluding hydrogens is 669 g/mol. The van der Waals surface area contributed by atoms with Crippen LogP contribution in [0.4, 0.5) is 17.1 Å². The second-order valence-electron chi connectivity index (χ2n) is 14.1. The summed E-state index contributed by atoms with van der Waals surface area (Å²) in [5, 5.41) is 7.01. The standard InChI is InChI=1S/C52H34N2O/c1-3-16-36(17-4-1)42-27-14-29-45-46-30-15-33-49(52(46)55-51(42)45)53(47-32-12-19-35-18-7-8-24-40(35)47)39-23-11-20-37(34-39)41-26-13-28-44-43-25-9-10-31-48(43)54(50(41)44)38-21-5-2-6-22-38/h1-34H. The summed E-state index contributed by atoms with van der Waals surface area (Å²) in [6.07, 6.45) is 0. The minimum absolute atomic E-state index is 0.852. The maximum Gasteiger partial charge on any atom is 0.159 e. The molecule has 2 aromatic heterocycles. The molecule has 0 radical (unpaired) electrons. The Kier molecular flexibility index (Phi) is 7.17. The Balaban J connectivity index is 1.18. The van der Waals surface area contributed by atoms with Crippen LogP contribution in [0.5, 0.6) is 0 Å². The third kappa shape index (κ3) is 4.98. The quantitative estimate of drug-likeness (QED) is 0.172. The molecule has 0 spiro atoms. The van der Waals surface area contributed by atoms with Crippen LogP contribution >= 0.6 is 0 Å². The van der Waals surface area contributed by atoms with Gasteiger partial charge in [0.05, 0.1) is 22.4 Å². The van der Waals surface area contributed by atoms with Crippen LogP contribution in [0, 0.1) is 0 Å². The first-order chi connectivity index (χ1) is 27.3. The Morgan fingerprint density at radius 3 is 1.82 bits per heavy atom. The lowest BCUT2D eigenvalue weighted by atomic mass is 10.00. The highest BCUT2D eigenvalue weighted by Crippen LogP contribution is 2.47. The highest BCUT2D eigenvalue weighted by atomic mass is 16.3. The lowest BCUT2D eigenvalue weighted by Gasteiger charge is -2.27. The van der Waals surface area contributed by atoms with Gasteiger partial charge in [0.25, 0.3) is 0 Å². The normalized spacial score (nSPS) is 11.6. The van der Waals surface area contributed by atoms with E-state index in [1.807, 2.05) is 0 Å². The topological polar surface area (TPSA) is 21.3 Å². The second-order valence-corrected chi connectivity index (χ2v) is 14.1. The molecule has 0 atom stereocenters. The van der Waals surface area contributed by atoms with Crippen LogP contribution in [-0.2, 0) is 0 Å². The smallest absolute Gasteiger partial charge is 0.159 e. The van der Waals surface area contributed by atoms with E-state index in [0.717, 1.165) is 61.4 Å². The van der Waals surface area contributed by atoms with Crippen molar-refractivity contribution in [1.82, 2.24) is 4.57 Å². The summed E-state index contributed by atoms with van der Waals surface area (Å²) in [6, 6.07) is 73.8. The summed E-state index contributed by atoms with van der Waals surface area (Å²) in [7, 11) is 0. The van der Waals surface area contributed by atoms with Gasteiger partial charge in [0, 0.05) is 49.4 Å². The Hall–Kier alpha value is -7.36. The van der Waals surface area contributed by atoms with Crippen LogP contribution in [0.25, 0.3) is 82.5 Å². The monoisotopic (exact) mass is 702 g/mol. The first-order valence-electron chi connectivity index (χ1n) is 18.8. The zero-order valence-electron chi connectivity index (χ0n) is 29.9. The molecule has 0 aliphatic carbocycles. The molecule has 3 heteroatoms. The van der Waals surface area contributed by atoms with E-state index >= 15 is 0 Å². The lowest BCUT2D eigenvalue weighted by molar-refractivity contribution is 0.670. The minimum Gasteiger partial charge on any atom is -0.453 e. The fourth-order valence-electron chi connectivity index (χ4n) is 8.55. The lowest BCUT2D eigenvalue weighted by Crippen LogP contribution is -2.11. The maximum absolute atomic E-state index is 7.03. The van der Waals surface area contributed by atoms with Crippen molar-refractivity contribution in [2.75, 3.05) is 4.90 Å². The Morgan fingerprint density at radius 1 is 0.382 bits per heavy atom. The van der Waals surface area contributed by atoms with Crippen molar-refractivity contribution in [2.24, 2.45) is 0 Å². The molecule has 0 amide bonds. The fourth-order valence-corrected chi connectivity index (χ4v) is 8.55. The zero-order valence-corrected chi connectivity index (χ0v) is 29.9. The third-order valence-corrected chi connectivity index (χ3v) is 11.0. The number of para-hydroxylation sites is 5. The van der Waals surface area contributed by atoms with E-state index < -0.39 is 0 Å². The summed E-state index contributed by atoms with van der Waals surface area (Å²) in [4.78, 5) is 2.38. The van der Waals surface area contributed by atoms with Crippen LogP contribution in [0.2, 0.25) is 0 Å². The number of rotatable bonds is 6. The first kappa shape index (κ1) is 31.2. The van der Waals surface area contributed by atoms with Gasteiger partial charge in [-0.15, -0.1) is 0 Å². The third-order valence-electron chi connectivity index (χ3n) is 11.0. The molecule has 3 nitrogen and oxygen atoms in total. The molecule has 0 aliphatic heterocycles. The second kappa shape index (κ2) is 12.6. The van der Waals surface area contributed by atoms with Crippen molar-refractivity contribution in [3.8, 4) is 27.9 Å². The molecule has 258 valence electrons. The van der Waals surface area contributed by atoms with Gasteiger partial charge in [-0.3, -0.25) is 0 Å². The van der Waals surface area contributed by atoms with Crippen LogP contribution in [0.3, 0.4) is 0 Å². The minimum atomic E-state index is 0.852. The fraction of sp³-hybridized carbons (Fsp3) is 0. The number of nitrogens with zero attached hydrogens (tertiary/aromatic N) is 2. The summed E-state index contributed by atoms with van der Waals surface area (Å²) in [6.45, 7) is 0. The summed E-state index contributed by atoms with van der Waals surface area (Å²) < 4.78 is 9.44. The van der Waals surface area contributed by atoms with E-state index in [-0.39, 0.29) is 0 Å². The van der Waals surface area contributed by atoms with E-state index in [1.54, 1.807) is 0 Å². The highest BCUT2D eigenvalue weighted by molar-refractivity contribution is 6.16. The van der Waals surface area contributed by atoms with Crippen molar-refractivity contribution in [2.45, 2.75) is 0 Å². The molecule has 0 aliphatic rings. The number of fused-ring (bicyclic) bond motifs is 7. The first-order valence-corrected chi connectivity index (χ1v) is 18.8. The van der Waals surface area contributed by atoms with Crippen molar-refractivity contribution in [3.63, 3.8) is 0 Å². The van der Waals surface area contributed by atoms with E-state index in [0.29, 0.717) is 0 Å². The zero-order chi connectivity index (χ0) is 36.3. The van der Waals surface area contributed by atoms with Gasteiger partial charge in [0.2, 0.25) is 0 Å². The average Bonchev–Trinajstić information content (AvgIpc) is 3.81. The maximum atomic E-state index is 7.03. The van der Waals surface area contributed by atoms with Gasteiger partial charge in [0.15, 0.2) is 5.58 Å². The van der Waals surface area contributed by atoms with Gasteiger partial charge in [-0.1, -0.05) is 164 Å². The molecule has 0 saturated heterocycles. The molecule has 9 aromatic carbocycles. The van der Waals surface area contributed by atoms with E-state index in [2.05, 4.69) is 216 Å². The number of hydrogen-bond acceptors (Lipinski definition) is 2. The van der Waals surface area contributed by atoms with Gasteiger partial charge in [-0.05, 0) is 59.0 Å². The van der Waals surface area contributed by atoms with Crippen molar-refractivity contribution in [1.29, 1.82) is 0 Å². The van der Waals surface area contributed by atoms with Crippen LogP contribution in [0.1, 0.15) is 0 Å². The van der Waals surface area contributed by atoms with E-state index in [9.17, 15) is 0 Å². The van der Waals surface area contributed by atoms with E-state index in [1.165, 1.54) is 38.1 Å². The van der Waals surface area contributed by atoms with Gasteiger partial charge in [-0.25, -0.2) is 0 Å². The van der Waals surface area contributed by atoms with Crippen molar-refractivity contribution >= 4 is 71.6 Å². The summed E-state index contributed by atoms with van der Waals surface area (Å²) in [5.41, 5.74) is 12.9.